The van der Waals surface area contributed by atoms with Crippen molar-refractivity contribution in [1.82, 2.24) is 10.0 Å². The topological polar surface area (TPSA) is 101 Å². The summed E-state index contributed by atoms with van der Waals surface area (Å²) in [5.41, 5.74) is 0. The van der Waals surface area contributed by atoms with Gasteiger partial charge >= 0.3 is 0 Å². The minimum atomic E-state index is -3.65. The maximum absolute atomic E-state index is 11.9. The van der Waals surface area contributed by atoms with Crippen LogP contribution in [0.2, 0.25) is 0 Å². The molecule has 1 rings (SSSR count). The van der Waals surface area contributed by atoms with E-state index < -0.39 is 10.0 Å². The molecule has 0 fully saturated rings. The number of hydrogen-bond acceptors (Lipinski definition) is 6. The maximum atomic E-state index is 11.9. The first-order valence-electron chi connectivity index (χ1n) is 6.93. The van der Waals surface area contributed by atoms with Gasteiger partial charge in [0.2, 0.25) is 5.09 Å². The molecule has 0 saturated heterocycles. The van der Waals surface area contributed by atoms with E-state index in [4.69, 9.17) is 14.3 Å². The molecule has 0 atom stereocenters. The first-order chi connectivity index (χ1) is 9.95. The Hall–Kier alpha value is -0.930. The van der Waals surface area contributed by atoms with Gasteiger partial charge in [0.25, 0.3) is 10.0 Å². The average molecular weight is 320 g/mol. The summed E-state index contributed by atoms with van der Waals surface area (Å²) >= 11 is 0. The van der Waals surface area contributed by atoms with E-state index >= 15 is 0 Å². The molecule has 21 heavy (non-hydrogen) atoms. The Morgan fingerprint density at radius 2 is 2.10 bits per heavy atom. The smallest absolute Gasteiger partial charge is 0.274 e. The summed E-state index contributed by atoms with van der Waals surface area (Å²) in [7, 11) is -3.65. The van der Waals surface area contributed by atoms with Gasteiger partial charge in [-0.1, -0.05) is 13.8 Å². The molecule has 0 spiro atoms. The molecule has 3 N–H and O–H groups in total. The molecule has 0 bridgehead atoms. The zero-order valence-electron chi connectivity index (χ0n) is 12.5. The molecule has 122 valence electrons. The molecular formula is C13H24N2O5S. The van der Waals surface area contributed by atoms with Crippen LogP contribution in [0.5, 0.6) is 0 Å². The van der Waals surface area contributed by atoms with Crippen molar-refractivity contribution in [2.24, 2.45) is 5.92 Å². The highest BCUT2D eigenvalue weighted by Crippen LogP contribution is 2.13. The number of nitrogens with one attached hydrogen (secondary N) is 2. The standard InChI is InChI=1S/C13H24N2O5S/c1-11(2)9-14-10-12-3-4-13(20-12)21(17,18)15-5-7-19-8-6-16/h3-4,11,14-16H,5-10H2,1-2H3. The van der Waals surface area contributed by atoms with Crippen molar-refractivity contribution in [1.29, 1.82) is 0 Å². The molecule has 1 aromatic heterocycles. The Labute approximate surface area is 125 Å². The molecule has 1 aromatic rings. The maximum Gasteiger partial charge on any atom is 0.274 e. The minimum Gasteiger partial charge on any atom is -0.447 e. The zero-order valence-corrected chi connectivity index (χ0v) is 13.3. The monoisotopic (exact) mass is 320 g/mol. The molecule has 0 radical (unpaired) electrons. The molecule has 0 saturated carbocycles. The second-order valence-electron chi connectivity index (χ2n) is 4.98. The molecule has 8 heteroatoms. The first-order valence-corrected chi connectivity index (χ1v) is 8.41. The van der Waals surface area contributed by atoms with Crippen LogP contribution in [0.3, 0.4) is 0 Å². The van der Waals surface area contributed by atoms with Crippen LogP contribution >= 0.6 is 0 Å². The normalized spacial score (nSPS) is 12.2. The van der Waals surface area contributed by atoms with E-state index in [-0.39, 0.29) is 31.5 Å². The molecule has 0 aliphatic carbocycles. The second-order valence-corrected chi connectivity index (χ2v) is 6.68. The molecule has 7 nitrogen and oxygen atoms in total. The van der Waals surface area contributed by atoms with Gasteiger partial charge < -0.3 is 19.6 Å². The van der Waals surface area contributed by atoms with Crippen LogP contribution in [0.25, 0.3) is 0 Å². The Kier molecular flexibility index (Phi) is 7.91. The number of hydrogen-bond donors (Lipinski definition) is 3. The van der Waals surface area contributed by atoms with Gasteiger partial charge in [-0.2, -0.15) is 0 Å². The van der Waals surface area contributed by atoms with E-state index in [2.05, 4.69) is 23.9 Å². The molecule has 0 unspecified atom stereocenters. The van der Waals surface area contributed by atoms with Crippen LogP contribution in [0.15, 0.2) is 21.6 Å². The molecule has 1 heterocycles. The van der Waals surface area contributed by atoms with Gasteiger partial charge in [0.05, 0.1) is 26.4 Å². The Bertz CT molecular complexity index is 498. The van der Waals surface area contributed by atoms with Crippen molar-refractivity contribution in [3.8, 4) is 0 Å². The fraction of sp³-hybridized carbons (Fsp3) is 0.692. The third-order valence-electron chi connectivity index (χ3n) is 2.53. The van der Waals surface area contributed by atoms with Gasteiger partial charge in [-0.05, 0) is 24.6 Å². The van der Waals surface area contributed by atoms with E-state index in [0.29, 0.717) is 18.2 Å². The van der Waals surface area contributed by atoms with Crippen molar-refractivity contribution < 1.29 is 22.7 Å². The lowest BCUT2D eigenvalue weighted by atomic mass is 10.2. The lowest BCUT2D eigenvalue weighted by Gasteiger charge is -2.06. The van der Waals surface area contributed by atoms with E-state index in [9.17, 15) is 8.42 Å². The predicted molar refractivity (Wildman–Crippen MR) is 78.3 cm³/mol. The summed E-state index contributed by atoms with van der Waals surface area (Å²) in [6, 6.07) is 3.08. The highest BCUT2D eigenvalue weighted by Gasteiger charge is 2.18. The highest BCUT2D eigenvalue weighted by molar-refractivity contribution is 7.89. The van der Waals surface area contributed by atoms with E-state index in [1.165, 1.54) is 6.07 Å². The Balaban J connectivity index is 2.42. The predicted octanol–water partition coefficient (Wildman–Crippen LogP) is 0.312. The summed E-state index contributed by atoms with van der Waals surface area (Å²) in [4.78, 5) is 0. The molecule has 0 amide bonds. The van der Waals surface area contributed by atoms with E-state index in [1.54, 1.807) is 6.07 Å². The van der Waals surface area contributed by atoms with Crippen LogP contribution < -0.4 is 10.0 Å². The average Bonchev–Trinajstić information content (AvgIpc) is 2.87. The number of ether oxygens (including phenoxy) is 1. The van der Waals surface area contributed by atoms with Crippen LogP contribution in [0.4, 0.5) is 0 Å². The van der Waals surface area contributed by atoms with Crippen molar-refractivity contribution >= 4 is 10.0 Å². The van der Waals surface area contributed by atoms with Gasteiger partial charge in [-0.25, -0.2) is 13.1 Å². The first kappa shape index (κ1) is 18.1. The number of aliphatic hydroxyl groups excluding tert-OH is 1. The Morgan fingerprint density at radius 3 is 2.76 bits per heavy atom. The number of aliphatic hydroxyl groups is 1. The van der Waals surface area contributed by atoms with Gasteiger partial charge in [0, 0.05) is 6.54 Å². The van der Waals surface area contributed by atoms with Crippen molar-refractivity contribution in [2.45, 2.75) is 25.5 Å². The summed E-state index contributed by atoms with van der Waals surface area (Å²) in [6.07, 6.45) is 0. The van der Waals surface area contributed by atoms with Crippen LogP contribution in [-0.4, -0.2) is 46.4 Å². The van der Waals surface area contributed by atoms with Crippen LogP contribution in [-0.2, 0) is 21.3 Å². The zero-order chi connectivity index (χ0) is 15.7. The SMILES string of the molecule is CC(C)CNCc1ccc(S(=O)(=O)NCCOCCO)o1. The van der Waals surface area contributed by atoms with Crippen molar-refractivity contribution in [2.75, 3.05) is 32.9 Å². The third kappa shape index (κ3) is 7.05. The van der Waals surface area contributed by atoms with Gasteiger partial charge in [0.1, 0.15) is 5.76 Å². The summed E-state index contributed by atoms with van der Waals surface area (Å²) < 4.78 is 36.5. The number of furan rings is 1. The molecule has 0 aliphatic heterocycles. The van der Waals surface area contributed by atoms with Crippen molar-refractivity contribution in [3.63, 3.8) is 0 Å². The van der Waals surface area contributed by atoms with Gasteiger partial charge in [-0.3, -0.25) is 0 Å². The lowest BCUT2D eigenvalue weighted by Crippen LogP contribution is -2.27. The molecule has 0 aliphatic rings. The lowest BCUT2D eigenvalue weighted by molar-refractivity contribution is 0.0961. The highest BCUT2D eigenvalue weighted by atomic mass is 32.2. The van der Waals surface area contributed by atoms with E-state index in [0.717, 1.165) is 6.54 Å². The van der Waals surface area contributed by atoms with Crippen LogP contribution in [0.1, 0.15) is 19.6 Å². The number of sulfonamides is 1. The molecular weight excluding hydrogens is 296 g/mol. The van der Waals surface area contributed by atoms with Gasteiger partial charge in [-0.15, -0.1) is 0 Å². The third-order valence-corrected chi connectivity index (χ3v) is 3.86. The Morgan fingerprint density at radius 1 is 1.33 bits per heavy atom. The fourth-order valence-corrected chi connectivity index (χ4v) is 2.53. The van der Waals surface area contributed by atoms with E-state index in [1.807, 2.05) is 0 Å². The quantitative estimate of drug-likeness (QED) is 0.507. The second kappa shape index (κ2) is 9.16. The van der Waals surface area contributed by atoms with Crippen LogP contribution in [0, 0.1) is 5.92 Å². The summed E-state index contributed by atoms with van der Waals surface area (Å²) in [5, 5.41) is 11.6. The molecule has 0 aromatic carbocycles. The fourth-order valence-electron chi connectivity index (χ4n) is 1.57. The van der Waals surface area contributed by atoms with Crippen molar-refractivity contribution in [3.05, 3.63) is 17.9 Å². The summed E-state index contributed by atoms with van der Waals surface area (Å²) in [6.45, 7) is 5.94. The number of rotatable bonds is 11. The van der Waals surface area contributed by atoms with Gasteiger partial charge in [0.15, 0.2) is 0 Å². The minimum absolute atomic E-state index is 0.0856. The summed E-state index contributed by atoms with van der Waals surface area (Å²) in [5.74, 6) is 1.09. The largest absolute Gasteiger partial charge is 0.447 e.